The van der Waals surface area contributed by atoms with Crippen LogP contribution in [0.1, 0.15) is 27.7 Å². The molecule has 0 aliphatic carbocycles. The van der Waals surface area contributed by atoms with Gasteiger partial charge >= 0.3 is 0 Å². The summed E-state index contributed by atoms with van der Waals surface area (Å²) in [5.74, 6) is 0. The highest BCUT2D eigenvalue weighted by Gasteiger charge is 2.17. The summed E-state index contributed by atoms with van der Waals surface area (Å²) in [7, 11) is 0. The van der Waals surface area contributed by atoms with Gasteiger partial charge in [-0.25, -0.2) is 0 Å². The molecule has 6 heteroatoms. The van der Waals surface area contributed by atoms with Crippen LogP contribution in [0.25, 0.3) is 0 Å². The molecule has 2 aliphatic rings. The van der Waals surface area contributed by atoms with Crippen molar-refractivity contribution in [2.45, 2.75) is 39.8 Å². The van der Waals surface area contributed by atoms with Crippen LogP contribution in [0.3, 0.4) is 0 Å². The third-order valence-electron chi connectivity index (χ3n) is 4.77. The molecule has 2 aliphatic heterocycles. The largest absolute Gasteiger partial charge is 0.329 e. The number of hydrogen-bond acceptors (Lipinski definition) is 6. The first-order valence-electron chi connectivity index (χ1n) is 9.86. The smallest absolute Gasteiger partial charge is 0.0113 e. The topological polar surface area (TPSA) is 59.8 Å². The molecule has 0 aromatic carbocycles. The van der Waals surface area contributed by atoms with Gasteiger partial charge in [0.1, 0.15) is 0 Å². The molecular weight excluding hydrogens is 300 g/mol. The van der Waals surface area contributed by atoms with Crippen LogP contribution in [0.15, 0.2) is 0 Å². The summed E-state index contributed by atoms with van der Waals surface area (Å²) in [4.78, 5) is 7.47. The van der Waals surface area contributed by atoms with E-state index >= 15 is 0 Å². The fourth-order valence-electron chi connectivity index (χ4n) is 3.13. The molecule has 0 aromatic rings. The van der Waals surface area contributed by atoms with Crippen LogP contribution >= 0.6 is 0 Å². The first-order chi connectivity index (χ1) is 11.5. The lowest BCUT2D eigenvalue weighted by molar-refractivity contribution is 0.111. The second kappa shape index (κ2) is 13.0. The molecule has 2 rings (SSSR count). The number of nitrogens with two attached hydrogens (primary N) is 1. The van der Waals surface area contributed by atoms with Gasteiger partial charge in [-0.3, -0.25) is 14.7 Å². The minimum Gasteiger partial charge on any atom is -0.329 e. The summed E-state index contributed by atoms with van der Waals surface area (Å²) in [5.41, 5.74) is 5.50. The molecule has 2 saturated heterocycles. The van der Waals surface area contributed by atoms with E-state index in [1.54, 1.807) is 0 Å². The average Bonchev–Trinajstić information content (AvgIpc) is 2.57. The predicted octanol–water partition coefficient (Wildman–Crippen LogP) is -0.139. The maximum atomic E-state index is 5.50. The molecule has 2 heterocycles. The van der Waals surface area contributed by atoms with Crippen molar-refractivity contribution in [3.63, 3.8) is 0 Å². The summed E-state index contributed by atoms with van der Waals surface area (Å²) >= 11 is 0. The Bertz CT molecular complexity index is 279. The Morgan fingerprint density at radius 2 is 1.46 bits per heavy atom. The molecule has 0 unspecified atom stereocenters. The van der Waals surface area contributed by atoms with Crippen LogP contribution < -0.4 is 16.4 Å². The minimum atomic E-state index is 0.618. The molecule has 0 amide bonds. The third kappa shape index (κ3) is 9.91. The molecule has 0 bridgehead atoms. The van der Waals surface area contributed by atoms with Gasteiger partial charge in [-0.2, -0.15) is 0 Å². The number of nitrogens with one attached hydrogen (secondary N) is 2. The normalized spacial score (nSPS) is 21.1. The summed E-state index contributed by atoms with van der Waals surface area (Å²) in [6, 6.07) is 1.32. The molecule has 6 nitrogen and oxygen atoms in total. The molecule has 24 heavy (non-hydrogen) atoms. The zero-order valence-electron chi connectivity index (χ0n) is 16.6. The van der Waals surface area contributed by atoms with Crippen LogP contribution in [0.4, 0.5) is 0 Å². The van der Waals surface area contributed by atoms with Crippen LogP contribution in [0.2, 0.25) is 0 Å². The summed E-state index contributed by atoms with van der Waals surface area (Å²) in [6.45, 7) is 22.6. The number of hydrogen-bond donors (Lipinski definition) is 3. The first kappa shape index (κ1) is 21.8. The van der Waals surface area contributed by atoms with Gasteiger partial charge in [0.15, 0.2) is 0 Å². The van der Waals surface area contributed by atoms with Crippen molar-refractivity contribution in [3.8, 4) is 0 Å². The fraction of sp³-hybridized carbons (Fsp3) is 1.00. The summed E-state index contributed by atoms with van der Waals surface area (Å²) < 4.78 is 0. The third-order valence-corrected chi connectivity index (χ3v) is 4.77. The molecule has 0 aromatic heterocycles. The van der Waals surface area contributed by atoms with Crippen molar-refractivity contribution in [1.29, 1.82) is 0 Å². The van der Waals surface area contributed by atoms with Crippen LogP contribution in [0.5, 0.6) is 0 Å². The van der Waals surface area contributed by atoms with Crippen molar-refractivity contribution in [1.82, 2.24) is 25.3 Å². The Kier molecular flexibility index (Phi) is 11.8. The van der Waals surface area contributed by atoms with Gasteiger partial charge in [0.05, 0.1) is 0 Å². The van der Waals surface area contributed by atoms with E-state index in [0.29, 0.717) is 12.1 Å². The molecule has 4 N–H and O–H groups in total. The highest BCUT2D eigenvalue weighted by Crippen LogP contribution is 2.04. The van der Waals surface area contributed by atoms with Gasteiger partial charge in [-0.05, 0) is 13.8 Å². The molecule has 0 saturated carbocycles. The maximum absolute atomic E-state index is 5.50. The standard InChI is InChI=1S/2C9H21N3/c1-9(2)11-5-8-12-6-3-10-4-7-12;1-9(2)12-7-5-11(4-3-10)6-8-12/h9-11H,3-8H2,1-2H3;9H,3-8,10H2,1-2H3. The molecule has 0 atom stereocenters. The van der Waals surface area contributed by atoms with Crippen LogP contribution in [-0.4, -0.2) is 105 Å². The number of rotatable bonds is 7. The van der Waals surface area contributed by atoms with Crippen molar-refractivity contribution < 1.29 is 0 Å². The molecule has 144 valence electrons. The molecule has 2 fully saturated rings. The van der Waals surface area contributed by atoms with Gasteiger partial charge in [0, 0.05) is 90.6 Å². The van der Waals surface area contributed by atoms with Gasteiger partial charge < -0.3 is 16.4 Å². The van der Waals surface area contributed by atoms with Crippen molar-refractivity contribution in [2.75, 3.05) is 78.5 Å². The van der Waals surface area contributed by atoms with Gasteiger partial charge in [-0.1, -0.05) is 13.8 Å². The Hall–Kier alpha value is -0.240. The van der Waals surface area contributed by atoms with Crippen LogP contribution in [-0.2, 0) is 0 Å². The van der Waals surface area contributed by atoms with Crippen molar-refractivity contribution in [3.05, 3.63) is 0 Å². The monoisotopic (exact) mass is 342 g/mol. The van der Waals surface area contributed by atoms with E-state index in [1.165, 1.54) is 45.8 Å². The number of nitrogens with zero attached hydrogens (tertiary/aromatic N) is 3. The van der Waals surface area contributed by atoms with E-state index in [4.69, 9.17) is 5.73 Å². The maximum Gasteiger partial charge on any atom is 0.0113 e. The molecular formula is C18H42N6. The molecule has 0 radical (unpaired) electrons. The second-order valence-electron chi connectivity index (χ2n) is 7.46. The zero-order chi connectivity index (χ0) is 17.8. The highest BCUT2D eigenvalue weighted by molar-refractivity contribution is 4.74. The van der Waals surface area contributed by atoms with Crippen LogP contribution in [0, 0.1) is 0 Å². The lowest BCUT2D eigenvalue weighted by atomic mass is 10.2. The average molecular weight is 343 g/mol. The van der Waals surface area contributed by atoms with E-state index in [-0.39, 0.29) is 0 Å². The Morgan fingerprint density at radius 3 is 1.96 bits per heavy atom. The van der Waals surface area contributed by atoms with E-state index in [1.807, 2.05) is 0 Å². The predicted molar refractivity (Wildman–Crippen MR) is 105 cm³/mol. The van der Waals surface area contributed by atoms with Gasteiger partial charge in [0.2, 0.25) is 0 Å². The molecule has 0 spiro atoms. The highest BCUT2D eigenvalue weighted by atomic mass is 15.3. The zero-order valence-corrected chi connectivity index (χ0v) is 16.6. The van der Waals surface area contributed by atoms with Crippen molar-refractivity contribution in [2.24, 2.45) is 5.73 Å². The number of piperazine rings is 2. The van der Waals surface area contributed by atoms with E-state index < -0.39 is 0 Å². The fourth-order valence-corrected chi connectivity index (χ4v) is 3.13. The van der Waals surface area contributed by atoms with E-state index in [9.17, 15) is 0 Å². The van der Waals surface area contributed by atoms with E-state index in [2.05, 4.69) is 53.0 Å². The van der Waals surface area contributed by atoms with Gasteiger partial charge in [-0.15, -0.1) is 0 Å². The Morgan fingerprint density at radius 1 is 0.875 bits per heavy atom. The first-order valence-corrected chi connectivity index (χ1v) is 9.86. The van der Waals surface area contributed by atoms with Crippen molar-refractivity contribution >= 4 is 0 Å². The second-order valence-corrected chi connectivity index (χ2v) is 7.46. The van der Waals surface area contributed by atoms with Gasteiger partial charge in [0.25, 0.3) is 0 Å². The lowest BCUT2D eigenvalue weighted by Crippen LogP contribution is -2.49. The lowest BCUT2D eigenvalue weighted by Gasteiger charge is -2.36. The summed E-state index contributed by atoms with van der Waals surface area (Å²) in [5, 5.41) is 6.78. The minimum absolute atomic E-state index is 0.618. The SMILES string of the molecule is CC(C)N1CCN(CCN)CC1.CC(C)NCCN1CCNCC1. The quantitative estimate of drug-likeness (QED) is 0.599. The summed E-state index contributed by atoms with van der Waals surface area (Å²) in [6.07, 6.45) is 0. The Labute approximate surface area is 150 Å². The Balaban J connectivity index is 0.000000240. The van der Waals surface area contributed by atoms with E-state index in [0.717, 1.165) is 32.7 Å².